The molecule has 2 aliphatic rings. The maximum atomic E-state index is 12.2. The number of benzene rings is 1. The van der Waals surface area contributed by atoms with Crippen molar-refractivity contribution in [3.8, 4) is 5.75 Å². The lowest BCUT2D eigenvalue weighted by Gasteiger charge is -2.15. The first-order chi connectivity index (χ1) is 9.24. The molecule has 3 heteroatoms. The van der Waals surface area contributed by atoms with E-state index in [2.05, 4.69) is 28.1 Å². The van der Waals surface area contributed by atoms with Crippen molar-refractivity contribution >= 4 is 21.7 Å². The summed E-state index contributed by atoms with van der Waals surface area (Å²) >= 11 is 3.57. The molecule has 0 N–H and O–H groups in total. The first-order valence-corrected chi connectivity index (χ1v) is 8.00. The van der Waals surface area contributed by atoms with Gasteiger partial charge in [0.15, 0.2) is 0 Å². The zero-order chi connectivity index (χ0) is 13.2. The van der Waals surface area contributed by atoms with Crippen molar-refractivity contribution < 1.29 is 9.53 Å². The van der Waals surface area contributed by atoms with Gasteiger partial charge in [-0.05, 0) is 42.5 Å². The second-order valence-electron chi connectivity index (χ2n) is 5.62. The topological polar surface area (TPSA) is 26.3 Å². The zero-order valence-electron chi connectivity index (χ0n) is 11.1. The lowest BCUT2D eigenvalue weighted by Crippen LogP contribution is -2.15. The molecule has 2 nitrogen and oxygen atoms in total. The Hall–Kier alpha value is -0.830. The average Bonchev–Trinajstić information content (AvgIpc) is 2.75. The smallest absolute Gasteiger partial charge is 0.136 e. The third-order valence-electron chi connectivity index (χ3n) is 4.22. The van der Waals surface area contributed by atoms with Crippen LogP contribution >= 0.6 is 15.9 Å². The van der Waals surface area contributed by atoms with Crippen LogP contribution in [-0.2, 0) is 17.6 Å². The third-order valence-corrected chi connectivity index (χ3v) is 4.68. The maximum Gasteiger partial charge on any atom is 0.136 e. The monoisotopic (exact) mass is 322 g/mol. The molecule has 1 aromatic rings. The van der Waals surface area contributed by atoms with E-state index in [1.165, 1.54) is 24.0 Å². The van der Waals surface area contributed by atoms with Crippen LogP contribution in [0.5, 0.6) is 5.75 Å². The van der Waals surface area contributed by atoms with E-state index in [4.69, 9.17) is 4.74 Å². The quantitative estimate of drug-likeness (QED) is 0.767. The zero-order valence-corrected chi connectivity index (χ0v) is 12.7. The van der Waals surface area contributed by atoms with Gasteiger partial charge in [0.2, 0.25) is 0 Å². The van der Waals surface area contributed by atoms with Crippen LogP contribution in [0.25, 0.3) is 0 Å². The molecule has 0 radical (unpaired) electrons. The maximum absolute atomic E-state index is 12.2. The molecule has 0 amide bonds. The number of hydrogen-bond donors (Lipinski definition) is 0. The number of carbonyl (C=O) groups is 1. The van der Waals surface area contributed by atoms with Crippen molar-refractivity contribution in [1.29, 1.82) is 0 Å². The Labute approximate surface area is 122 Å². The third kappa shape index (κ3) is 2.86. The van der Waals surface area contributed by atoms with Crippen molar-refractivity contribution in [1.82, 2.24) is 0 Å². The number of ketones is 1. The summed E-state index contributed by atoms with van der Waals surface area (Å²) in [6.07, 6.45) is 7.11. The van der Waals surface area contributed by atoms with Gasteiger partial charge in [0.1, 0.15) is 11.5 Å². The number of rotatable bonds is 2. The molecule has 1 atom stereocenters. The van der Waals surface area contributed by atoms with Crippen molar-refractivity contribution in [3.63, 3.8) is 0 Å². The van der Waals surface area contributed by atoms with Crippen molar-refractivity contribution in [2.24, 2.45) is 5.92 Å². The van der Waals surface area contributed by atoms with E-state index in [1.54, 1.807) is 0 Å². The van der Waals surface area contributed by atoms with E-state index in [-0.39, 0.29) is 5.92 Å². The Morgan fingerprint density at radius 2 is 2.11 bits per heavy atom. The summed E-state index contributed by atoms with van der Waals surface area (Å²) in [7, 11) is 0. The fraction of sp³-hybridized carbons (Fsp3) is 0.562. The number of halogens is 1. The van der Waals surface area contributed by atoms with Gasteiger partial charge in [0.25, 0.3) is 0 Å². The van der Waals surface area contributed by atoms with Crippen LogP contribution in [0.15, 0.2) is 16.6 Å². The molecular weight excluding hydrogens is 304 g/mol. The molecule has 1 aromatic carbocycles. The summed E-state index contributed by atoms with van der Waals surface area (Å²) in [5.74, 6) is 1.69. The molecule has 19 heavy (non-hydrogen) atoms. The summed E-state index contributed by atoms with van der Waals surface area (Å²) < 4.78 is 6.86. The van der Waals surface area contributed by atoms with Crippen LogP contribution < -0.4 is 4.74 Å². The van der Waals surface area contributed by atoms with Gasteiger partial charge in [-0.15, -0.1) is 0 Å². The van der Waals surface area contributed by atoms with Crippen molar-refractivity contribution in [3.05, 3.63) is 27.7 Å². The van der Waals surface area contributed by atoms with Crippen molar-refractivity contribution in [2.75, 3.05) is 6.61 Å². The molecule has 0 saturated heterocycles. The summed E-state index contributed by atoms with van der Waals surface area (Å²) in [5.41, 5.74) is 2.49. The largest absolute Gasteiger partial charge is 0.493 e. The van der Waals surface area contributed by atoms with Crippen LogP contribution in [0.4, 0.5) is 0 Å². The number of carbonyl (C=O) groups excluding carboxylic acids is 1. The van der Waals surface area contributed by atoms with Gasteiger partial charge in [-0.25, -0.2) is 0 Å². The van der Waals surface area contributed by atoms with Gasteiger partial charge < -0.3 is 4.74 Å². The summed E-state index contributed by atoms with van der Waals surface area (Å²) in [4.78, 5) is 12.2. The van der Waals surface area contributed by atoms with E-state index < -0.39 is 0 Å². The lowest BCUT2D eigenvalue weighted by atomic mass is 9.90. The van der Waals surface area contributed by atoms with E-state index >= 15 is 0 Å². The van der Waals surface area contributed by atoms with E-state index in [1.807, 2.05) is 0 Å². The minimum atomic E-state index is 0.199. The molecule has 1 unspecified atom stereocenters. The SMILES string of the molecule is O=C1CCCCCC1Cc1cc(Br)cc2c1OCC2. The standard InChI is InChI=1S/C16H19BrO2/c17-14-9-12-6-7-19-16(12)13(10-14)8-11-4-2-1-3-5-15(11)18/h9-11H,1-8H2. The van der Waals surface area contributed by atoms with Crippen LogP contribution in [0, 0.1) is 5.92 Å². The van der Waals surface area contributed by atoms with Gasteiger partial charge >= 0.3 is 0 Å². The molecule has 0 spiro atoms. The molecule has 102 valence electrons. The Morgan fingerprint density at radius 1 is 1.21 bits per heavy atom. The molecule has 1 fully saturated rings. The van der Waals surface area contributed by atoms with E-state index in [0.29, 0.717) is 5.78 Å². The number of fused-ring (bicyclic) bond motifs is 1. The van der Waals surface area contributed by atoms with Crippen LogP contribution in [0.2, 0.25) is 0 Å². The summed E-state index contributed by atoms with van der Waals surface area (Å²) in [5, 5.41) is 0. The number of ether oxygens (including phenoxy) is 1. The van der Waals surface area contributed by atoms with Gasteiger partial charge in [-0.1, -0.05) is 28.8 Å². The number of Topliss-reactive ketones (excluding diaryl/α,β-unsaturated/α-hetero) is 1. The molecular formula is C16H19BrO2. The molecule has 1 saturated carbocycles. The Bertz CT molecular complexity index is 496. The minimum absolute atomic E-state index is 0.199. The highest BCUT2D eigenvalue weighted by Crippen LogP contribution is 2.35. The summed E-state index contributed by atoms with van der Waals surface area (Å²) in [6.45, 7) is 0.775. The Kier molecular flexibility index (Phi) is 3.92. The van der Waals surface area contributed by atoms with Crippen LogP contribution in [0.3, 0.4) is 0 Å². The van der Waals surface area contributed by atoms with E-state index in [0.717, 1.165) is 48.9 Å². The first-order valence-electron chi connectivity index (χ1n) is 7.21. The fourth-order valence-corrected chi connectivity index (χ4v) is 3.76. The molecule has 0 bridgehead atoms. The van der Waals surface area contributed by atoms with E-state index in [9.17, 15) is 4.79 Å². The molecule has 1 aliphatic heterocycles. The summed E-state index contributed by atoms with van der Waals surface area (Å²) in [6, 6.07) is 4.27. The molecule has 1 heterocycles. The molecule has 3 rings (SSSR count). The Balaban J connectivity index is 1.84. The van der Waals surface area contributed by atoms with Gasteiger partial charge in [-0.2, -0.15) is 0 Å². The molecule has 0 aromatic heterocycles. The van der Waals surface area contributed by atoms with Crippen LogP contribution in [-0.4, -0.2) is 12.4 Å². The highest BCUT2D eigenvalue weighted by atomic mass is 79.9. The Morgan fingerprint density at radius 3 is 3.00 bits per heavy atom. The lowest BCUT2D eigenvalue weighted by molar-refractivity contribution is -0.122. The predicted molar refractivity (Wildman–Crippen MR) is 78.6 cm³/mol. The second kappa shape index (κ2) is 5.66. The molecule has 1 aliphatic carbocycles. The van der Waals surface area contributed by atoms with Crippen molar-refractivity contribution in [2.45, 2.75) is 44.9 Å². The fourth-order valence-electron chi connectivity index (χ4n) is 3.21. The minimum Gasteiger partial charge on any atom is -0.493 e. The van der Waals surface area contributed by atoms with Gasteiger partial charge in [-0.3, -0.25) is 4.79 Å². The van der Waals surface area contributed by atoms with Gasteiger partial charge in [0, 0.05) is 23.2 Å². The highest BCUT2D eigenvalue weighted by Gasteiger charge is 2.25. The highest BCUT2D eigenvalue weighted by molar-refractivity contribution is 9.10. The number of hydrogen-bond acceptors (Lipinski definition) is 2. The normalized spacial score (nSPS) is 22.8. The predicted octanol–water partition coefficient (Wildman–Crippen LogP) is 4.08. The second-order valence-corrected chi connectivity index (χ2v) is 6.53. The van der Waals surface area contributed by atoms with Crippen LogP contribution in [0.1, 0.15) is 43.2 Å². The van der Waals surface area contributed by atoms with Gasteiger partial charge in [0.05, 0.1) is 6.61 Å². The first kappa shape index (κ1) is 13.2. The average molecular weight is 323 g/mol.